The van der Waals surface area contributed by atoms with Crippen molar-refractivity contribution in [1.82, 2.24) is 20.3 Å². The molecule has 2 aromatic rings. The third-order valence-electron chi connectivity index (χ3n) is 3.87. The molecule has 6 heteroatoms. The second-order valence-corrected chi connectivity index (χ2v) is 5.50. The molecule has 1 fully saturated rings. The summed E-state index contributed by atoms with van der Waals surface area (Å²) in [5.74, 6) is -0.212. The topological polar surface area (TPSA) is 85.8 Å². The highest BCUT2D eigenvalue weighted by Gasteiger charge is 2.39. The summed E-state index contributed by atoms with van der Waals surface area (Å²) >= 11 is 0. The lowest BCUT2D eigenvalue weighted by Crippen LogP contribution is -2.23. The van der Waals surface area contributed by atoms with Gasteiger partial charge in [-0.05, 0) is 30.9 Å². The van der Waals surface area contributed by atoms with Crippen molar-refractivity contribution >= 4 is 5.91 Å². The van der Waals surface area contributed by atoms with Crippen molar-refractivity contribution in [2.24, 2.45) is 5.73 Å². The average Bonchev–Trinajstić information content (AvgIpc) is 3.08. The number of nitrogens with two attached hydrogens (primary N) is 1. The Morgan fingerprint density at radius 2 is 2.10 bits per heavy atom. The van der Waals surface area contributed by atoms with E-state index in [2.05, 4.69) is 15.6 Å². The quantitative estimate of drug-likeness (QED) is 0.863. The van der Waals surface area contributed by atoms with Crippen LogP contribution in [0.5, 0.6) is 0 Å². The Hall–Kier alpha value is -2.21. The zero-order valence-corrected chi connectivity index (χ0v) is 12.0. The van der Waals surface area contributed by atoms with Gasteiger partial charge in [0.15, 0.2) is 5.69 Å². The van der Waals surface area contributed by atoms with Crippen LogP contribution in [0.1, 0.15) is 41.4 Å². The minimum atomic E-state index is -0.212. The Bertz CT molecular complexity index is 642. The zero-order chi connectivity index (χ0) is 14.9. The van der Waals surface area contributed by atoms with Crippen LogP contribution >= 0.6 is 0 Å². The number of benzene rings is 1. The molecule has 1 aromatic heterocycles. The van der Waals surface area contributed by atoms with Gasteiger partial charge in [-0.25, -0.2) is 0 Å². The lowest BCUT2D eigenvalue weighted by Gasteiger charge is -2.10. The van der Waals surface area contributed by atoms with E-state index >= 15 is 0 Å². The van der Waals surface area contributed by atoms with E-state index in [1.165, 1.54) is 5.56 Å². The van der Waals surface area contributed by atoms with E-state index in [9.17, 15) is 4.79 Å². The number of aryl methyl sites for hydroxylation is 1. The number of carbonyl (C=O) groups is 1. The summed E-state index contributed by atoms with van der Waals surface area (Å²) in [7, 11) is 0. The normalized spacial score (nSPS) is 15.7. The molecule has 1 aliphatic rings. The van der Waals surface area contributed by atoms with E-state index in [1.54, 1.807) is 10.9 Å². The van der Waals surface area contributed by atoms with E-state index in [1.807, 2.05) is 31.2 Å². The summed E-state index contributed by atoms with van der Waals surface area (Å²) in [5, 5.41) is 10.5. The van der Waals surface area contributed by atoms with Crippen molar-refractivity contribution in [1.29, 1.82) is 0 Å². The fourth-order valence-electron chi connectivity index (χ4n) is 2.21. The van der Waals surface area contributed by atoms with E-state index < -0.39 is 0 Å². The Labute approximate surface area is 123 Å². The molecule has 0 saturated heterocycles. The van der Waals surface area contributed by atoms with Crippen molar-refractivity contribution < 1.29 is 4.79 Å². The van der Waals surface area contributed by atoms with Crippen LogP contribution in [0.15, 0.2) is 30.5 Å². The average molecular weight is 285 g/mol. The molecule has 3 rings (SSSR count). The standard InChI is InChI=1S/C15H19N5O/c1-2-20-10-13(18-19-20)14(21)17-9-11-3-5-12(6-4-11)15(16)7-8-15/h3-6,10H,2,7-9,16H2,1H3,(H,17,21). The molecular weight excluding hydrogens is 266 g/mol. The number of nitrogens with one attached hydrogen (secondary N) is 1. The van der Waals surface area contributed by atoms with Gasteiger partial charge in [-0.15, -0.1) is 5.10 Å². The van der Waals surface area contributed by atoms with Crippen LogP contribution in [0.3, 0.4) is 0 Å². The van der Waals surface area contributed by atoms with Gasteiger partial charge in [-0.3, -0.25) is 9.48 Å². The number of amides is 1. The summed E-state index contributed by atoms with van der Waals surface area (Å²) in [6.07, 6.45) is 3.75. The molecule has 0 atom stereocenters. The summed E-state index contributed by atoms with van der Waals surface area (Å²) < 4.78 is 1.63. The first-order valence-corrected chi connectivity index (χ1v) is 7.17. The van der Waals surface area contributed by atoms with E-state index in [4.69, 9.17) is 5.73 Å². The minimum Gasteiger partial charge on any atom is -0.347 e. The van der Waals surface area contributed by atoms with Crippen LogP contribution in [0.4, 0.5) is 0 Å². The predicted molar refractivity (Wildman–Crippen MR) is 78.4 cm³/mol. The molecule has 0 unspecified atom stereocenters. The first kappa shape index (κ1) is 13.8. The fraction of sp³-hybridized carbons (Fsp3) is 0.400. The van der Waals surface area contributed by atoms with E-state index in [0.717, 1.165) is 18.4 Å². The number of hydrogen-bond acceptors (Lipinski definition) is 4. The first-order valence-electron chi connectivity index (χ1n) is 7.17. The van der Waals surface area contributed by atoms with Gasteiger partial charge in [0.1, 0.15) is 0 Å². The molecule has 0 radical (unpaired) electrons. The van der Waals surface area contributed by atoms with E-state index in [-0.39, 0.29) is 11.4 Å². The number of carbonyl (C=O) groups excluding carboxylic acids is 1. The molecule has 3 N–H and O–H groups in total. The largest absolute Gasteiger partial charge is 0.347 e. The van der Waals surface area contributed by atoms with Crippen molar-refractivity contribution in [3.8, 4) is 0 Å². The highest BCUT2D eigenvalue weighted by atomic mass is 16.2. The van der Waals surface area contributed by atoms with Gasteiger partial charge in [0, 0.05) is 18.6 Å². The number of nitrogens with zero attached hydrogens (tertiary/aromatic N) is 3. The SMILES string of the molecule is CCn1cc(C(=O)NCc2ccc(C3(N)CC3)cc2)nn1. The molecule has 0 aliphatic heterocycles. The number of hydrogen-bond donors (Lipinski definition) is 2. The fourth-order valence-corrected chi connectivity index (χ4v) is 2.21. The Morgan fingerprint density at radius 3 is 2.67 bits per heavy atom. The molecule has 1 heterocycles. The molecule has 6 nitrogen and oxygen atoms in total. The zero-order valence-electron chi connectivity index (χ0n) is 12.0. The summed E-state index contributed by atoms with van der Waals surface area (Å²) in [5.41, 5.74) is 8.58. The molecule has 1 aromatic carbocycles. The highest BCUT2D eigenvalue weighted by molar-refractivity contribution is 5.91. The Balaban J connectivity index is 1.58. The van der Waals surface area contributed by atoms with Gasteiger partial charge in [-0.1, -0.05) is 29.5 Å². The maximum Gasteiger partial charge on any atom is 0.273 e. The second-order valence-electron chi connectivity index (χ2n) is 5.50. The molecule has 1 saturated carbocycles. The maximum absolute atomic E-state index is 11.9. The van der Waals surface area contributed by atoms with E-state index in [0.29, 0.717) is 18.8 Å². The van der Waals surface area contributed by atoms with Crippen molar-refractivity contribution in [2.75, 3.05) is 0 Å². The van der Waals surface area contributed by atoms with Gasteiger partial charge in [-0.2, -0.15) is 0 Å². The van der Waals surface area contributed by atoms with Gasteiger partial charge in [0.05, 0.1) is 6.20 Å². The molecule has 1 aliphatic carbocycles. The first-order chi connectivity index (χ1) is 10.1. The van der Waals surface area contributed by atoms with Crippen LogP contribution in [0, 0.1) is 0 Å². The third kappa shape index (κ3) is 2.95. The predicted octanol–water partition coefficient (Wildman–Crippen LogP) is 1.18. The summed E-state index contributed by atoms with van der Waals surface area (Å²) in [4.78, 5) is 11.9. The summed E-state index contributed by atoms with van der Waals surface area (Å²) in [6, 6.07) is 8.10. The second kappa shape index (κ2) is 5.29. The van der Waals surface area contributed by atoms with Gasteiger partial charge < -0.3 is 11.1 Å². The smallest absolute Gasteiger partial charge is 0.273 e. The van der Waals surface area contributed by atoms with Crippen LogP contribution in [0.25, 0.3) is 0 Å². The minimum absolute atomic E-state index is 0.111. The number of aromatic nitrogens is 3. The third-order valence-corrected chi connectivity index (χ3v) is 3.87. The van der Waals surface area contributed by atoms with Crippen molar-refractivity contribution in [2.45, 2.75) is 38.4 Å². The van der Waals surface area contributed by atoms with Crippen LogP contribution in [0.2, 0.25) is 0 Å². The van der Waals surface area contributed by atoms with Crippen LogP contribution in [-0.2, 0) is 18.6 Å². The Kier molecular flexibility index (Phi) is 3.47. The lowest BCUT2D eigenvalue weighted by atomic mass is 10.0. The molecule has 1 amide bonds. The van der Waals surface area contributed by atoms with Crippen LogP contribution in [-0.4, -0.2) is 20.9 Å². The van der Waals surface area contributed by atoms with Crippen molar-refractivity contribution in [3.63, 3.8) is 0 Å². The monoisotopic (exact) mass is 285 g/mol. The lowest BCUT2D eigenvalue weighted by molar-refractivity contribution is 0.0946. The molecule has 21 heavy (non-hydrogen) atoms. The van der Waals surface area contributed by atoms with Gasteiger partial charge in [0.2, 0.25) is 0 Å². The molecule has 110 valence electrons. The van der Waals surface area contributed by atoms with Gasteiger partial charge in [0.25, 0.3) is 5.91 Å². The number of rotatable bonds is 5. The van der Waals surface area contributed by atoms with Crippen LogP contribution < -0.4 is 11.1 Å². The molecule has 0 bridgehead atoms. The highest BCUT2D eigenvalue weighted by Crippen LogP contribution is 2.42. The van der Waals surface area contributed by atoms with Crippen molar-refractivity contribution in [3.05, 3.63) is 47.3 Å². The Morgan fingerprint density at radius 1 is 1.38 bits per heavy atom. The summed E-state index contributed by atoms with van der Waals surface area (Å²) in [6.45, 7) is 3.11. The molecule has 0 spiro atoms. The van der Waals surface area contributed by atoms with Gasteiger partial charge >= 0.3 is 0 Å². The maximum atomic E-state index is 11.9. The molecular formula is C15H19N5O.